The maximum absolute atomic E-state index is 6.02. The molecule has 0 aliphatic carbocycles. The summed E-state index contributed by atoms with van der Waals surface area (Å²) in [5.74, 6) is 0.420. The molecule has 1 heterocycles. The average Bonchev–Trinajstić information content (AvgIpc) is 2.57. The van der Waals surface area contributed by atoms with Crippen molar-refractivity contribution >= 4 is 22.9 Å². The van der Waals surface area contributed by atoms with Crippen LogP contribution in [0.4, 0.5) is 0 Å². The van der Waals surface area contributed by atoms with Gasteiger partial charge in [-0.2, -0.15) is 0 Å². The van der Waals surface area contributed by atoms with Gasteiger partial charge in [0.15, 0.2) is 0 Å². The first-order chi connectivity index (χ1) is 7.58. The van der Waals surface area contributed by atoms with Gasteiger partial charge in [-0.3, -0.25) is 0 Å². The van der Waals surface area contributed by atoms with E-state index in [1.165, 1.54) is 20.9 Å². The van der Waals surface area contributed by atoms with Crippen molar-refractivity contribution in [3.63, 3.8) is 0 Å². The molecular weight excluding hydrogens is 236 g/mol. The normalized spacial score (nSPS) is 12.8. The molecule has 0 nitrogen and oxygen atoms in total. The summed E-state index contributed by atoms with van der Waals surface area (Å²) in [5, 5.41) is 0.814. The van der Waals surface area contributed by atoms with E-state index < -0.39 is 0 Å². The van der Waals surface area contributed by atoms with Crippen LogP contribution in [0.5, 0.6) is 0 Å². The fourth-order valence-electron chi connectivity index (χ4n) is 2.04. The van der Waals surface area contributed by atoms with Crippen molar-refractivity contribution in [2.75, 3.05) is 0 Å². The van der Waals surface area contributed by atoms with Crippen molar-refractivity contribution in [1.82, 2.24) is 0 Å². The minimum Gasteiger partial charge on any atom is -0.146 e. The minimum atomic E-state index is 0.420. The van der Waals surface area contributed by atoms with Crippen molar-refractivity contribution in [1.29, 1.82) is 0 Å². The summed E-state index contributed by atoms with van der Waals surface area (Å²) in [4.78, 5) is 2.78. The molecule has 0 aliphatic heterocycles. The number of thiophene rings is 1. The summed E-state index contributed by atoms with van der Waals surface area (Å²) in [6, 6.07) is 10.4. The van der Waals surface area contributed by atoms with E-state index in [1.807, 2.05) is 23.5 Å². The van der Waals surface area contributed by atoms with E-state index in [-0.39, 0.29) is 0 Å². The molecule has 0 fully saturated rings. The van der Waals surface area contributed by atoms with Gasteiger partial charge in [-0.15, -0.1) is 11.3 Å². The highest BCUT2D eigenvalue weighted by atomic mass is 35.5. The molecule has 0 saturated carbocycles. The summed E-state index contributed by atoms with van der Waals surface area (Å²) in [6.45, 7) is 6.58. The molecule has 2 heteroatoms. The maximum Gasteiger partial charge on any atom is 0.0408 e. The van der Waals surface area contributed by atoms with Gasteiger partial charge in [0.2, 0.25) is 0 Å². The Morgan fingerprint density at radius 3 is 2.50 bits per heavy atom. The molecule has 16 heavy (non-hydrogen) atoms. The molecule has 0 bridgehead atoms. The second kappa shape index (κ2) is 4.60. The fourth-order valence-corrected chi connectivity index (χ4v) is 3.26. The maximum atomic E-state index is 6.02. The lowest BCUT2D eigenvalue weighted by Gasteiger charge is -2.12. The summed E-state index contributed by atoms with van der Waals surface area (Å²) in [7, 11) is 0. The topological polar surface area (TPSA) is 0 Å². The highest BCUT2D eigenvalue weighted by molar-refractivity contribution is 7.12. The van der Waals surface area contributed by atoms with E-state index in [0.29, 0.717) is 5.92 Å². The Morgan fingerprint density at radius 2 is 1.94 bits per heavy atom. The van der Waals surface area contributed by atoms with Crippen LogP contribution in [0.3, 0.4) is 0 Å². The quantitative estimate of drug-likeness (QED) is 0.690. The van der Waals surface area contributed by atoms with Gasteiger partial charge < -0.3 is 0 Å². The third-order valence-corrected chi connectivity index (χ3v) is 4.11. The van der Waals surface area contributed by atoms with Crippen molar-refractivity contribution in [2.24, 2.45) is 0 Å². The lowest BCUT2D eigenvalue weighted by molar-refractivity contribution is 0.919. The average molecular weight is 251 g/mol. The SMILES string of the molecule is Cc1cc(C(C)c2cccc(Cl)c2)c(C)s1. The zero-order chi connectivity index (χ0) is 11.7. The van der Waals surface area contributed by atoms with Crippen LogP contribution in [-0.2, 0) is 0 Å². The Bertz CT molecular complexity index is 499. The predicted molar refractivity (Wildman–Crippen MR) is 72.8 cm³/mol. The van der Waals surface area contributed by atoms with Crippen LogP contribution in [-0.4, -0.2) is 0 Å². The molecule has 2 aromatic rings. The second-order valence-electron chi connectivity index (χ2n) is 4.15. The first-order valence-electron chi connectivity index (χ1n) is 5.40. The zero-order valence-corrected chi connectivity index (χ0v) is 11.3. The summed E-state index contributed by atoms with van der Waals surface area (Å²) < 4.78 is 0. The summed E-state index contributed by atoms with van der Waals surface area (Å²) >= 11 is 7.89. The van der Waals surface area contributed by atoms with Crippen LogP contribution in [0.25, 0.3) is 0 Å². The number of rotatable bonds is 2. The van der Waals surface area contributed by atoms with Crippen LogP contribution in [0.2, 0.25) is 5.02 Å². The molecule has 2 rings (SSSR count). The van der Waals surface area contributed by atoms with E-state index in [4.69, 9.17) is 11.6 Å². The standard InChI is InChI=1S/C14H15ClS/c1-9-7-14(11(3)16-9)10(2)12-5-4-6-13(15)8-12/h4-8,10H,1-3H3. The van der Waals surface area contributed by atoms with Crippen molar-refractivity contribution in [2.45, 2.75) is 26.7 Å². The van der Waals surface area contributed by atoms with Crippen LogP contribution in [0, 0.1) is 13.8 Å². The third-order valence-electron chi connectivity index (χ3n) is 2.89. The van der Waals surface area contributed by atoms with Crippen molar-refractivity contribution in [3.05, 3.63) is 56.2 Å². The monoisotopic (exact) mass is 250 g/mol. The Morgan fingerprint density at radius 1 is 1.19 bits per heavy atom. The highest BCUT2D eigenvalue weighted by Crippen LogP contribution is 2.32. The molecule has 1 unspecified atom stereocenters. The Labute approximate surface area is 106 Å². The largest absolute Gasteiger partial charge is 0.146 e. The lowest BCUT2D eigenvalue weighted by Crippen LogP contribution is -1.95. The molecule has 1 aromatic carbocycles. The fraction of sp³-hybridized carbons (Fsp3) is 0.286. The molecule has 0 amide bonds. The second-order valence-corrected chi connectivity index (χ2v) is 6.04. The van der Waals surface area contributed by atoms with E-state index in [2.05, 4.69) is 39.0 Å². The number of halogens is 1. The number of aryl methyl sites for hydroxylation is 2. The predicted octanol–water partition coefficient (Wildman–Crippen LogP) is 5.17. The number of hydrogen-bond acceptors (Lipinski definition) is 1. The number of hydrogen-bond donors (Lipinski definition) is 0. The molecular formula is C14H15ClS. The van der Waals surface area contributed by atoms with Crippen molar-refractivity contribution < 1.29 is 0 Å². The first-order valence-corrected chi connectivity index (χ1v) is 6.60. The van der Waals surface area contributed by atoms with E-state index in [0.717, 1.165) is 5.02 Å². The van der Waals surface area contributed by atoms with Crippen LogP contribution in [0.1, 0.15) is 33.7 Å². The van der Waals surface area contributed by atoms with Gasteiger partial charge in [-0.25, -0.2) is 0 Å². The van der Waals surface area contributed by atoms with Crippen LogP contribution >= 0.6 is 22.9 Å². The van der Waals surface area contributed by atoms with Gasteiger partial charge in [0, 0.05) is 20.7 Å². The Hall–Kier alpha value is -0.790. The first kappa shape index (κ1) is 11.7. The van der Waals surface area contributed by atoms with Gasteiger partial charge in [-0.05, 0) is 43.2 Å². The molecule has 0 radical (unpaired) electrons. The molecule has 84 valence electrons. The summed E-state index contributed by atoms with van der Waals surface area (Å²) in [6.07, 6.45) is 0. The Kier molecular flexibility index (Phi) is 3.36. The van der Waals surface area contributed by atoms with E-state index >= 15 is 0 Å². The van der Waals surface area contributed by atoms with Crippen molar-refractivity contribution in [3.8, 4) is 0 Å². The number of benzene rings is 1. The summed E-state index contributed by atoms with van der Waals surface area (Å²) in [5.41, 5.74) is 2.71. The highest BCUT2D eigenvalue weighted by Gasteiger charge is 2.13. The molecule has 0 aliphatic rings. The molecule has 0 N–H and O–H groups in total. The van der Waals surface area contributed by atoms with Gasteiger partial charge >= 0.3 is 0 Å². The zero-order valence-electron chi connectivity index (χ0n) is 9.75. The van der Waals surface area contributed by atoms with E-state index in [1.54, 1.807) is 0 Å². The van der Waals surface area contributed by atoms with Crippen LogP contribution in [0.15, 0.2) is 30.3 Å². The lowest BCUT2D eigenvalue weighted by atomic mass is 9.93. The smallest absolute Gasteiger partial charge is 0.0408 e. The minimum absolute atomic E-state index is 0.420. The van der Waals surface area contributed by atoms with Crippen LogP contribution < -0.4 is 0 Å². The molecule has 1 atom stereocenters. The molecule has 1 aromatic heterocycles. The third kappa shape index (κ3) is 2.31. The van der Waals surface area contributed by atoms with Gasteiger partial charge in [0.25, 0.3) is 0 Å². The van der Waals surface area contributed by atoms with Gasteiger partial charge in [-0.1, -0.05) is 30.7 Å². The molecule has 0 spiro atoms. The Balaban J connectivity index is 2.38. The van der Waals surface area contributed by atoms with Gasteiger partial charge in [0.05, 0.1) is 0 Å². The molecule has 0 saturated heterocycles. The van der Waals surface area contributed by atoms with Gasteiger partial charge in [0.1, 0.15) is 0 Å². The van der Waals surface area contributed by atoms with E-state index in [9.17, 15) is 0 Å².